The first kappa shape index (κ1) is 20.4. The Morgan fingerprint density at radius 1 is 1.00 bits per heavy atom. The van der Waals surface area contributed by atoms with Gasteiger partial charge in [0.15, 0.2) is 0 Å². The first-order valence-corrected chi connectivity index (χ1v) is 12.8. The Morgan fingerprint density at radius 2 is 1.59 bits per heavy atom. The standard InChI is InChI=1S/C25H32O3Si/c1-25(2,3)29(20-11-6-4-7-12-20,21-13-8-5-9-14-21)27-18-19-17-22(19)23-15-10-16-24(26)28-23/h4-9,11-14,19,22-23H,10,15-18H2,1-3H3/t19-,22+,23-/m0/s1. The maximum atomic E-state index is 11.7. The first-order chi connectivity index (χ1) is 13.9. The zero-order chi connectivity index (χ0) is 20.5. The Kier molecular flexibility index (Phi) is 5.67. The highest BCUT2D eigenvalue weighted by molar-refractivity contribution is 6.99. The van der Waals surface area contributed by atoms with Crippen molar-refractivity contribution in [3.8, 4) is 0 Å². The minimum Gasteiger partial charge on any atom is -0.462 e. The molecule has 2 fully saturated rings. The van der Waals surface area contributed by atoms with Crippen LogP contribution in [0.4, 0.5) is 0 Å². The van der Waals surface area contributed by atoms with Crippen LogP contribution in [0.25, 0.3) is 0 Å². The van der Waals surface area contributed by atoms with Crippen LogP contribution in [-0.4, -0.2) is 27.0 Å². The van der Waals surface area contributed by atoms with Gasteiger partial charge in [-0.2, -0.15) is 0 Å². The highest BCUT2D eigenvalue weighted by Crippen LogP contribution is 2.46. The van der Waals surface area contributed by atoms with Gasteiger partial charge in [0, 0.05) is 18.9 Å². The Morgan fingerprint density at radius 3 is 2.10 bits per heavy atom. The highest BCUT2D eigenvalue weighted by Gasteiger charge is 2.53. The fourth-order valence-corrected chi connectivity index (χ4v) is 9.57. The van der Waals surface area contributed by atoms with Crippen molar-refractivity contribution >= 4 is 24.7 Å². The van der Waals surface area contributed by atoms with Crippen LogP contribution in [0.15, 0.2) is 60.7 Å². The van der Waals surface area contributed by atoms with Crippen LogP contribution in [0.5, 0.6) is 0 Å². The Bertz CT molecular complexity index is 789. The number of ether oxygens (including phenoxy) is 1. The number of carbonyl (C=O) groups excluding carboxylic acids is 1. The van der Waals surface area contributed by atoms with Crippen LogP contribution < -0.4 is 10.4 Å². The minimum atomic E-state index is -2.47. The second-order valence-corrected chi connectivity index (χ2v) is 13.9. The van der Waals surface area contributed by atoms with Crippen molar-refractivity contribution in [1.29, 1.82) is 0 Å². The van der Waals surface area contributed by atoms with Gasteiger partial charge in [0.1, 0.15) is 6.10 Å². The van der Waals surface area contributed by atoms with Gasteiger partial charge in [0.05, 0.1) is 0 Å². The Labute approximate surface area is 175 Å². The molecule has 3 nitrogen and oxygen atoms in total. The van der Waals surface area contributed by atoms with Crippen LogP contribution in [0.1, 0.15) is 46.5 Å². The average Bonchev–Trinajstić information content (AvgIpc) is 3.49. The molecule has 154 valence electrons. The van der Waals surface area contributed by atoms with E-state index in [0.29, 0.717) is 18.3 Å². The molecule has 4 rings (SSSR count). The normalized spacial score (nSPS) is 24.8. The van der Waals surface area contributed by atoms with Crippen molar-refractivity contribution in [2.24, 2.45) is 11.8 Å². The summed E-state index contributed by atoms with van der Waals surface area (Å²) in [4.78, 5) is 11.7. The molecule has 0 bridgehead atoms. The molecule has 1 saturated heterocycles. The SMILES string of the molecule is CC(C)(C)[Si](OC[C@@H]1C[C@H]1[C@@H]1CCCC(=O)O1)(c1ccccc1)c1ccccc1. The molecule has 0 unspecified atom stereocenters. The zero-order valence-electron chi connectivity index (χ0n) is 17.8. The molecule has 0 spiro atoms. The summed E-state index contributed by atoms with van der Waals surface area (Å²) in [5, 5.41) is 2.64. The van der Waals surface area contributed by atoms with Gasteiger partial charge in [0.2, 0.25) is 0 Å². The van der Waals surface area contributed by atoms with Crippen molar-refractivity contribution in [2.45, 2.75) is 57.6 Å². The molecule has 2 aromatic carbocycles. The topological polar surface area (TPSA) is 35.5 Å². The number of cyclic esters (lactones) is 1. The predicted molar refractivity (Wildman–Crippen MR) is 119 cm³/mol. The summed E-state index contributed by atoms with van der Waals surface area (Å²) >= 11 is 0. The maximum absolute atomic E-state index is 11.7. The molecular formula is C25H32O3Si. The lowest BCUT2D eigenvalue weighted by molar-refractivity contribution is -0.155. The van der Waals surface area contributed by atoms with Crippen molar-refractivity contribution in [3.05, 3.63) is 60.7 Å². The molecule has 1 aliphatic heterocycles. The van der Waals surface area contributed by atoms with E-state index < -0.39 is 8.32 Å². The summed E-state index contributed by atoms with van der Waals surface area (Å²) in [7, 11) is -2.47. The van der Waals surface area contributed by atoms with Crippen molar-refractivity contribution in [1.82, 2.24) is 0 Å². The summed E-state index contributed by atoms with van der Waals surface area (Å²) in [6.45, 7) is 7.68. The van der Waals surface area contributed by atoms with E-state index >= 15 is 0 Å². The van der Waals surface area contributed by atoms with E-state index in [9.17, 15) is 4.79 Å². The lowest BCUT2D eigenvalue weighted by Gasteiger charge is -2.43. The molecule has 3 atom stereocenters. The fourth-order valence-electron chi connectivity index (χ4n) is 4.95. The maximum Gasteiger partial charge on any atom is 0.306 e. The predicted octanol–water partition coefficient (Wildman–Crippen LogP) is 4.29. The lowest BCUT2D eigenvalue weighted by atomic mass is 10.0. The van der Waals surface area contributed by atoms with E-state index in [1.807, 2.05) is 0 Å². The lowest BCUT2D eigenvalue weighted by Crippen LogP contribution is -2.66. The molecule has 1 aliphatic carbocycles. The van der Waals surface area contributed by atoms with E-state index in [1.54, 1.807) is 0 Å². The van der Waals surface area contributed by atoms with Crippen LogP contribution in [0, 0.1) is 11.8 Å². The van der Waals surface area contributed by atoms with Crippen molar-refractivity contribution in [2.75, 3.05) is 6.61 Å². The third kappa shape index (κ3) is 4.06. The molecule has 1 saturated carbocycles. The highest BCUT2D eigenvalue weighted by atomic mass is 28.4. The van der Waals surface area contributed by atoms with Gasteiger partial charge in [0.25, 0.3) is 8.32 Å². The van der Waals surface area contributed by atoms with Gasteiger partial charge in [-0.05, 0) is 40.6 Å². The molecular weight excluding hydrogens is 376 g/mol. The Balaban J connectivity index is 1.59. The molecule has 0 aromatic heterocycles. The second kappa shape index (κ2) is 8.08. The zero-order valence-corrected chi connectivity index (χ0v) is 18.8. The monoisotopic (exact) mass is 408 g/mol. The average molecular weight is 409 g/mol. The summed E-state index contributed by atoms with van der Waals surface area (Å²) in [5.41, 5.74) is 0. The van der Waals surface area contributed by atoms with Crippen LogP contribution in [-0.2, 0) is 14.0 Å². The third-order valence-corrected chi connectivity index (χ3v) is 11.5. The second-order valence-electron chi connectivity index (χ2n) is 9.55. The summed E-state index contributed by atoms with van der Waals surface area (Å²) in [6.07, 6.45) is 3.75. The Hall–Kier alpha value is -1.91. The molecule has 0 amide bonds. The van der Waals surface area contributed by atoms with Crippen LogP contribution >= 0.6 is 0 Å². The summed E-state index contributed by atoms with van der Waals surface area (Å²) in [6, 6.07) is 21.6. The van der Waals surface area contributed by atoms with Crippen LogP contribution in [0.2, 0.25) is 5.04 Å². The number of hydrogen-bond donors (Lipinski definition) is 0. The van der Waals surface area contributed by atoms with Gasteiger partial charge >= 0.3 is 5.97 Å². The molecule has 2 aromatic rings. The summed E-state index contributed by atoms with van der Waals surface area (Å²) in [5.74, 6) is 0.935. The van der Waals surface area contributed by atoms with E-state index in [1.165, 1.54) is 10.4 Å². The molecule has 0 N–H and O–H groups in total. The first-order valence-electron chi connectivity index (χ1n) is 10.9. The van der Waals surface area contributed by atoms with Gasteiger partial charge in [-0.3, -0.25) is 4.79 Å². The number of hydrogen-bond acceptors (Lipinski definition) is 3. The smallest absolute Gasteiger partial charge is 0.306 e. The largest absolute Gasteiger partial charge is 0.462 e. The molecule has 29 heavy (non-hydrogen) atoms. The minimum absolute atomic E-state index is 0.00258. The molecule has 4 heteroatoms. The number of benzene rings is 2. The van der Waals surface area contributed by atoms with Gasteiger partial charge in [-0.25, -0.2) is 0 Å². The summed E-state index contributed by atoms with van der Waals surface area (Å²) < 4.78 is 12.7. The number of rotatable bonds is 6. The number of carbonyl (C=O) groups is 1. The van der Waals surface area contributed by atoms with E-state index in [-0.39, 0.29) is 17.1 Å². The van der Waals surface area contributed by atoms with Crippen molar-refractivity contribution in [3.63, 3.8) is 0 Å². The quantitative estimate of drug-likeness (QED) is 0.528. The van der Waals surface area contributed by atoms with E-state index in [2.05, 4.69) is 81.4 Å². The molecule has 1 heterocycles. The van der Waals surface area contributed by atoms with E-state index in [4.69, 9.17) is 9.16 Å². The van der Waals surface area contributed by atoms with Crippen LogP contribution in [0.3, 0.4) is 0 Å². The van der Waals surface area contributed by atoms with Gasteiger partial charge in [-0.15, -0.1) is 0 Å². The van der Waals surface area contributed by atoms with E-state index in [0.717, 1.165) is 25.9 Å². The number of esters is 1. The molecule has 0 radical (unpaired) electrons. The van der Waals surface area contributed by atoms with Crippen molar-refractivity contribution < 1.29 is 14.0 Å². The molecule has 2 aliphatic rings. The van der Waals surface area contributed by atoms with Gasteiger partial charge in [-0.1, -0.05) is 81.4 Å². The third-order valence-electron chi connectivity index (χ3n) is 6.54. The fraction of sp³-hybridized carbons (Fsp3) is 0.480. The van der Waals surface area contributed by atoms with Gasteiger partial charge < -0.3 is 9.16 Å².